The van der Waals surface area contributed by atoms with Crippen LogP contribution in [0.3, 0.4) is 0 Å². The molecular formula is C35H30Br4N4O8. The average Bonchev–Trinajstić information content (AvgIpc) is 3.29. The lowest BCUT2D eigenvalue weighted by molar-refractivity contribution is -0.115. The van der Waals surface area contributed by atoms with Crippen molar-refractivity contribution in [3.8, 4) is 34.1 Å². The van der Waals surface area contributed by atoms with Crippen molar-refractivity contribution in [1.82, 2.24) is 10.6 Å². The van der Waals surface area contributed by atoms with Crippen LogP contribution in [0.4, 0.5) is 0 Å². The number of carbonyl (C=O) groups excluding carboxylic acids is 2. The number of amides is 2. The van der Waals surface area contributed by atoms with Crippen molar-refractivity contribution in [2.75, 3.05) is 19.9 Å². The van der Waals surface area contributed by atoms with E-state index in [0.29, 0.717) is 64.5 Å². The summed E-state index contributed by atoms with van der Waals surface area (Å²) in [5.74, 6) is 0.0954. The van der Waals surface area contributed by atoms with Gasteiger partial charge in [0.2, 0.25) is 6.79 Å². The molecule has 2 amide bonds. The number of oxime groups is 2. The Kier molecular flexibility index (Phi) is 13.0. The molecule has 4 aromatic carbocycles. The minimum Gasteiger partial charge on any atom is -0.507 e. The summed E-state index contributed by atoms with van der Waals surface area (Å²) in [5, 5.41) is 51.0. The van der Waals surface area contributed by atoms with E-state index in [1.54, 1.807) is 60.7 Å². The van der Waals surface area contributed by atoms with E-state index in [0.717, 1.165) is 11.1 Å². The number of nitrogens with one attached hydrogen (secondary N) is 2. The predicted molar refractivity (Wildman–Crippen MR) is 204 cm³/mol. The van der Waals surface area contributed by atoms with E-state index in [9.17, 15) is 30.2 Å². The Balaban J connectivity index is 1.31. The molecule has 1 aliphatic heterocycles. The minimum atomic E-state index is -0.545. The molecule has 266 valence electrons. The second kappa shape index (κ2) is 17.4. The highest BCUT2D eigenvalue weighted by molar-refractivity contribution is 9.11. The third kappa shape index (κ3) is 9.61. The number of ether oxygens (including phenoxy) is 2. The molecular weight excluding hydrogens is 924 g/mol. The van der Waals surface area contributed by atoms with Crippen LogP contribution in [0, 0.1) is 0 Å². The molecule has 0 radical (unpaired) electrons. The summed E-state index contributed by atoms with van der Waals surface area (Å²) in [7, 11) is 0. The second-order valence-corrected chi connectivity index (χ2v) is 14.8. The van der Waals surface area contributed by atoms with E-state index >= 15 is 0 Å². The molecule has 0 fully saturated rings. The van der Waals surface area contributed by atoms with Crippen LogP contribution in [0.1, 0.15) is 22.3 Å². The number of nitrogens with zero attached hydrogens (tertiary/aromatic N) is 2. The summed E-state index contributed by atoms with van der Waals surface area (Å²) >= 11 is 13.7. The third-order valence-corrected chi connectivity index (χ3v) is 10.3. The fraction of sp³-hybridized carbons (Fsp3) is 0.200. The van der Waals surface area contributed by atoms with Gasteiger partial charge in [-0.2, -0.15) is 0 Å². The topological polar surface area (TPSA) is 182 Å². The maximum absolute atomic E-state index is 13.0. The normalized spacial score (nSPS) is 12.5. The van der Waals surface area contributed by atoms with Crippen molar-refractivity contribution in [2.45, 2.75) is 25.7 Å². The monoisotopic (exact) mass is 950 g/mol. The van der Waals surface area contributed by atoms with Gasteiger partial charge >= 0.3 is 0 Å². The molecule has 1 aliphatic rings. The molecule has 4 aromatic rings. The molecule has 6 N–H and O–H groups in total. The van der Waals surface area contributed by atoms with Gasteiger partial charge in [0.15, 0.2) is 0 Å². The number of aromatic hydroxyl groups is 2. The summed E-state index contributed by atoms with van der Waals surface area (Å²) in [6, 6.07) is 17.2. The number of halogens is 4. The number of fused-ring (bicyclic) bond motifs is 3. The summed E-state index contributed by atoms with van der Waals surface area (Å²) < 4.78 is 14.1. The minimum absolute atomic E-state index is 0.0153. The molecule has 0 saturated heterocycles. The largest absolute Gasteiger partial charge is 0.507 e. The van der Waals surface area contributed by atoms with Crippen LogP contribution in [-0.2, 0) is 35.3 Å². The smallest absolute Gasteiger partial charge is 0.269 e. The molecule has 0 aliphatic carbocycles. The van der Waals surface area contributed by atoms with Gasteiger partial charge in [-0.3, -0.25) is 9.59 Å². The Bertz CT molecular complexity index is 1900. The molecule has 0 bridgehead atoms. The van der Waals surface area contributed by atoms with Gasteiger partial charge in [0.25, 0.3) is 11.8 Å². The van der Waals surface area contributed by atoms with E-state index in [-0.39, 0.29) is 55.6 Å². The number of phenolic OH excluding ortho intramolecular Hbond substituents is 2. The Morgan fingerprint density at radius 3 is 1.37 bits per heavy atom. The first-order valence-corrected chi connectivity index (χ1v) is 18.5. The van der Waals surface area contributed by atoms with Gasteiger partial charge < -0.3 is 40.7 Å². The highest BCUT2D eigenvalue weighted by atomic mass is 79.9. The predicted octanol–water partition coefficient (Wildman–Crippen LogP) is 7.01. The first-order valence-electron chi connectivity index (χ1n) is 15.3. The SMILES string of the molecule is O=C(NCCc1ccc(O)c(Br)c1)C(Cc1cc(Br)c2c(c1)-c1cc(CC(=NO)C(=O)NCCc3ccc(O)c(Br)c3)cc(Br)c1OCO2)=NO. The first-order chi connectivity index (χ1) is 24.5. The fourth-order valence-electron chi connectivity index (χ4n) is 5.31. The summed E-state index contributed by atoms with van der Waals surface area (Å²) in [6.45, 7) is 0.445. The van der Waals surface area contributed by atoms with Crippen LogP contribution in [0.5, 0.6) is 23.0 Å². The Hall–Kier alpha value is -4.12. The average molecular weight is 954 g/mol. The van der Waals surface area contributed by atoms with Crippen LogP contribution in [0.25, 0.3) is 11.1 Å². The number of hydrogen-bond acceptors (Lipinski definition) is 10. The molecule has 0 spiro atoms. The van der Waals surface area contributed by atoms with Crippen LogP contribution in [0.15, 0.2) is 88.9 Å². The highest BCUT2D eigenvalue weighted by Gasteiger charge is 2.25. The van der Waals surface area contributed by atoms with Crippen LogP contribution >= 0.6 is 63.7 Å². The van der Waals surface area contributed by atoms with Crippen LogP contribution < -0.4 is 20.1 Å². The van der Waals surface area contributed by atoms with Crippen LogP contribution in [-0.4, -0.2) is 63.7 Å². The van der Waals surface area contributed by atoms with E-state index < -0.39 is 11.8 Å². The number of hydrogen-bond donors (Lipinski definition) is 6. The number of carbonyl (C=O) groups is 2. The van der Waals surface area contributed by atoms with E-state index in [2.05, 4.69) is 84.7 Å². The fourth-order valence-corrected chi connectivity index (χ4v) is 7.41. The van der Waals surface area contributed by atoms with Gasteiger partial charge in [-0.15, -0.1) is 0 Å². The molecule has 0 aromatic heterocycles. The molecule has 51 heavy (non-hydrogen) atoms. The first kappa shape index (κ1) is 38.1. The van der Waals surface area contributed by atoms with Crippen molar-refractivity contribution < 1.29 is 39.7 Å². The standard InChI is InChI=1S/C35H30Br4N4O8/c36-24-11-18(1-3-30(24)44)5-7-40-34(46)28(42-48)15-20-9-22-23-10-21(14-27(39)33(23)51-17-50-32(22)26(38)13-20)16-29(43-49)35(47)41-8-6-19-2-4-31(45)25(37)12-19/h1-4,9-14,44-45,48-49H,5-8,15-17H2,(H,40,46)(H,41,47). The molecule has 16 heteroatoms. The van der Waals surface area contributed by atoms with Gasteiger partial charge in [0.1, 0.15) is 34.4 Å². The zero-order valence-electron chi connectivity index (χ0n) is 26.6. The Morgan fingerprint density at radius 1 is 0.608 bits per heavy atom. The molecule has 0 unspecified atom stereocenters. The van der Waals surface area contributed by atoms with Gasteiger partial charge in [0, 0.05) is 37.1 Å². The zero-order chi connectivity index (χ0) is 36.7. The van der Waals surface area contributed by atoms with Crippen molar-refractivity contribution in [3.05, 3.63) is 101 Å². The summed E-state index contributed by atoms with van der Waals surface area (Å²) in [4.78, 5) is 25.9. The van der Waals surface area contributed by atoms with Gasteiger partial charge in [0.05, 0.1) is 17.9 Å². The molecule has 5 rings (SSSR count). The quantitative estimate of drug-likeness (QED) is 0.0499. The van der Waals surface area contributed by atoms with Gasteiger partial charge in [-0.25, -0.2) is 0 Å². The van der Waals surface area contributed by atoms with Crippen molar-refractivity contribution in [2.24, 2.45) is 10.3 Å². The van der Waals surface area contributed by atoms with Crippen LogP contribution in [0.2, 0.25) is 0 Å². The lowest BCUT2D eigenvalue weighted by atomic mass is 9.95. The zero-order valence-corrected chi connectivity index (χ0v) is 32.9. The molecule has 0 saturated carbocycles. The third-order valence-electron chi connectivity index (χ3n) is 7.83. The second-order valence-electron chi connectivity index (χ2n) is 11.3. The van der Waals surface area contributed by atoms with E-state index in [1.165, 1.54) is 0 Å². The lowest BCUT2D eigenvalue weighted by Crippen LogP contribution is -2.33. The van der Waals surface area contributed by atoms with Crippen molar-refractivity contribution in [1.29, 1.82) is 0 Å². The molecule has 0 atom stereocenters. The van der Waals surface area contributed by atoms with Gasteiger partial charge in [-0.05, 0) is 147 Å². The number of phenols is 2. The maximum atomic E-state index is 13.0. The summed E-state index contributed by atoms with van der Waals surface area (Å²) in [5.41, 5.74) is 4.03. The van der Waals surface area contributed by atoms with Crippen molar-refractivity contribution in [3.63, 3.8) is 0 Å². The summed E-state index contributed by atoms with van der Waals surface area (Å²) in [6.07, 6.45) is 0.944. The van der Waals surface area contributed by atoms with Crippen molar-refractivity contribution >= 4 is 87.0 Å². The maximum Gasteiger partial charge on any atom is 0.269 e. The lowest BCUT2D eigenvalue weighted by Gasteiger charge is -2.15. The van der Waals surface area contributed by atoms with Gasteiger partial charge in [-0.1, -0.05) is 22.4 Å². The number of rotatable bonds is 12. The molecule has 1 heterocycles. The highest BCUT2D eigenvalue weighted by Crippen LogP contribution is 2.47. The van der Waals surface area contributed by atoms with E-state index in [4.69, 9.17) is 9.47 Å². The Morgan fingerprint density at radius 2 is 1.00 bits per heavy atom. The Labute approximate surface area is 326 Å². The number of benzene rings is 4. The van der Waals surface area contributed by atoms with E-state index in [1.807, 2.05) is 0 Å². The molecule has 12 nitrogen and oxygen atoms in total.